The molecule has 0 N–H and O–H groups in total. The molecule has 2 aromatic rings. The van der Waals surface area contributed by atoms with Crippen LogP contribution in [0.15, 0.2) is 21.1 Å². The zero-order valence-electron chi connectivity index (χ0n) is 15.4. The molecule has 29 heavy (non-hydrogen) atoms. The number of rotatable bonds is 2. The van der Waals surface area contributed by atoms with Crippen LogP contribution < -0.4 is 18.9 Å². The summed E-state index contributed by atoms with van der Waals surface area (Å²) in [6.07, 6.45) is 0.801. The fourth-order valence-electron chi connectivity index (χ4n) is 4.27. The van der Waals surface area contributed by atoms with Gasteiger partial charge in [0.15, 0.2) is 23.0 Å². The van der Waals surface area contributed by atoms with E-state index in [0.717, 1.165) is 5.56 Å². The molecule has 1 spiro atoms. The second-order valence-electron chi connectivity index (χ2n) is 6.84. The van der Waals surface area contributed by atoms with E-state index < -0.39 is 11.6 Å². The van der Waals surface area contributed by atoms with Crippen molar-refractivity contribution in [2.24, 2.45) is 0 Å². The molecule has 0 amide bonds. The van der Waals surface area contributed by atoms with Gasteiger partial charge in [-0.05, 0) is 40.0 Å². The van der Waals surface area contributed by atoms with Gasteiger partial charge in [-0.15, -0.1) is 0 Å². The Morgan fingerprint density at radius 1 is 1.10 bits per heavy atom. The van der Waals surface area contributed by atoms with Crippen LogP contribution in [0.4, 0.5) is 0 Å². The molecular formula is C20H14Br2O7. The van der Waals surface area contributed by atoms with Crippen LogP contribution in [0, 0.1) is 0 Å². The summed E-state index contributed by atoms with van der Waals surface area (Å²) in [6.45, 7) is 0.0938. The van der Waals surface area contributed by atoms with E-state index in [4.69, 9.17) is 23.7 Å². The zero-order valence-corrected chi connectivity index (χ0v) is 18.6. The molecule has 0 fully saturated rings. The molecule has 1 aliphatic carbocycles. The van der Waals surface area contributed by atoms with Gasteiger partial charge in [-0.1, -0.05) is 15.9 Å². The van der Waals surface area contributed by atoms with Crippen molar-refractivity contribution in [1.29, 1.82) is 0 Å². The predicted octanol–water partition coefficient (Wildman–Crippen LogP) is 4.15. The third-order valence-corrected chi connectivity index (χ3v) is 7.01. The minimum atomic E-state index is -1.44. The largest absolute Gasteiger partial charge is 0.493 e. The van der Waals surface area contributed by atoms with Crippen LogP contribution in [0.1, 0.15) is 38.3 Å². The fraction of sp³-hybridized carbons (Fsp3) is 0.300. The number of ketones is 1. The maximum absolute atomic E-state index is 13.7. The third kappa shape index (κ3) is 2.34. The van der Waals surface area contributed by atoms with Crippen LogP contribution in [-0.4, -0.2) is 32.8 Å². The topological polar surface area (TPSA) is 80.3 Å². The maximum Gasteiger partial charge on any atom is 0.343 e. The first-order valence-electron chi connectivity index (χ1n) is 8.77. The smallest absolute Gasteiger partial charge is 0.343 e. The summed E-state index contributed by atoms with van der Waals surface area (Å²) in [5.74, 6) is 0.770. The Morgan fingerprint density at radius 2 is 1.90 bits per heavy atom. The molecule has 1 atom stereocenters. The summed E-state index contributed by atoms with van der Waals surface area (Å²) in [5.41, 5.74) is 0.478. The third-order valence-electron chi connectivity index (χ3n) is 5.54. The van der Waals surface area contributed by atoms with Crippen molar-refractivity contribution in [3.63, 3.8) is 0 Å². The second kappa shape index (κ2) is 6.37. The van der Waals surface area contributed by atoms with E-state index in [1.165, 1.54) is 14.2 Å². The van der Waals surface area contributed by atoms with Crippen molar-refractivity contribution < 1.29 is 33.3 Å². The molecule has 0 saturated carbocycles. The van der Waals surface area contributed by atoms with E-state index in [1.54, 1.807) is 12.1 Å². The molecule has 2 heterocycles. The molecule has 7 nitrogen and oxygen atoms in total. The molecule has 0 radical (unpaired) electrons. The molecule has 9 heteroatoms. The first kappa shape index (κ1) is 18.7. The van der Waals surface area contributed by atoms with Gasteiger partial charge in [0.2, 0.25) is 18.2 Å². The van der Waals surface area contributed by atoms with E-state index >= 15 is 0 Å². The van der Waals surface area contributed by atoms with Crippen molar-refractivity contribution in [2.45, 2.75) is 18.4 Å². The Bertz CT molecular complexity index is 1110. The quantitative estimate of drug-likeness (QED) is 0.545. The van der Waals surface area contributed by atoms with E-state index in [9.17, 15) is 9.59 Å². The summed E-state index contributed by atoms with van der Waals surface area (Å²) in [7, 11) is 2.93. The molecule has 2 aliphatic heterocycles. The van der Waals surface area contributed by atoms with Crippen LogP contribution in [0.25, 0.3) is 0 Å². The first-order valence-corrected chi connectivity index (χ1v) is 10.4. The molecule has 0 aromatic heterocycles. The number of halogens is 2. The molecule has 3 aliphatic rings. The molecule has 150 valence electrons. The normalized spacial score (nSPS) is 21.1. The number of hydrogen-bond acceptors (Lipinski definition) is 7. The monoisotopic (exact) mass is 524 g/mol. The highest BCUT2D eigenvalue weighted by Crippen LogP contribution is 2.55. The fourth-order valence-corrected chi connectivity index (χ4v) is 5.72. The number of ether oxygens (including phenoxy) is 5. The van der Waals surface area contributed by atoms with Gasteiger partial charge in [0.1, 0.15) is 5.56 Å². The highest BCUT2D eigenvalue weighted by atomic mass is 79.9. The van der Waals surface area contributed by atoms with Crippen molar-refractivity contribution in [1.82, 2.24) is 0 Å². The Balaban J connectivity index is 1.74. The maximum atomic E-state index is 13.7. The number of benzene rings is 2. The van der Waals surface area contributed by atoms with Crippen LogP contribution in [-0.2, 0) is 16.8 Å². The summed E-state index contributed by atoms with van der Waals surface area (Å²) < 4.78 is 28.7. The minimum Gasteiger partial charge on any atom is -0.493 e. The van der Waals surface area contributed by atoms with Gasteiger partial charge in [0, 0.05) is 22.0 Å². The van der Waals surface area contributed by atoms with Gasteiger partial charge in [0.05, 0.1) is 18.7 Å². The van der Waals surface area contributed by atoms with Gasteiger partial charge < -0.3 is 23.7 Å². The number of fused-ring (bicyclic) bond motifs is 4. The van der Waals surface area contributed by atoms with Gasteiger partial charge in [-0.2, -0.15) is 0 Å². The van der Waals surface area contributed by atoms with Crippen LogP contribution in [0.5, 0.6) is 23.0 Å². The number of hydrogen-bond donors (Lipinski definition) is 0. The number of carbonyl (C=O) groups excluding carboxylic acids is 2. The van der Waals surface area contributed by atoms with E-state index in [1.807, 2.05) is 0 Å². The van der Waals surface area contributed by atoms with Gasteiger partial charge in [-0.3, -0.25) is 4.79 Å². The Hall–Kier alpha value is -2.26. The summed E-state index contributed by atoms with van der Waals surface area (Å²) in [4.78, 5) is 26.6. The van der Waals surface area contributed by atoms with Gasteiger partial charge in [0.25, 0.3) is 0 Å². The highest BCUT2D eigenvalue weighted by Gasteiger charge is 2.57. The molecule has 0 unspecified atom stereocenters. The van der Waals surface area contributed by atoms with Crippen molar-refractivity contribution in [3.8, 4) is 23.0 Å². The first-order chi connectivity index (χ1) is 13.9. The van der Waals surface area contributed by atoms with Crippen molar-refractivity contribution in [2.75, 3.05) is 21.0 Å². The lowest BCUT2D eigenvalue weighted by molar-refractivity contribution is -0.00661. The SMILES string of the molecule is COc1cc(Br)c2c(c1OC)C(=O)O[C@]21CCc2c(cc3c(c2Br)OCO3)C1=O. The number of methoxy groups -OCH3 is 2. The van der Waals surface area contributed by atoms with Crippen LogP contribution in [0.2, 0.25) is 0 Å². The van der Waals surface area contributed by atoms with Crippen molar-refractivity contribution >= 4 is 43.6 Å². The lowest BCUT2D eigenvalue weighted by Crippen LogP contribution is -2.40. The second-order valence-corrected chi connectivity index (χ2v) is 8.49. The van der Waals surface area contributed by atoms with Gasteiger partial charge in [-0.25, -0.2) is 4.79 Å². The molecule has 0 bridgehead atoms. The standard InChI is InChI=1S/C20H14Br2O7/c1-25-11-6-10(21)14-13(16(11)26-2)19(24)29-20(14)4-3-8-9(18(20)23)5-12-17(15(8)22)28-7-27-12/h5-6H,3-4,7H2,1-2H3/t20-/m1/s1. The number of esters is 1. The molecule has 2 aromatic carbocycles. The van der Waals surface area contributed by atoms with Gasteiger partial charge >= 0.3 is 5.97 Å². The molecule has 5 rings (SSSR count). The minimum absolute atomic E-state index is 0.0938. The Kier molecular flexibility index (Phi) is 4.12. The lowest BCUT2D eigenvalue weighted by atomic mass is 9.75. The van der Waals surface area contributed by atoms with E-state index in [2.05, 4.69) is 31.9 Å². The number of Topliss-reactive ketones (excluding diaryl/α,β-unsaturated/α-hetero) is 1. The average molecular weight is 526 g/mol. The van der Waals surface area contributed by atoms with Crippen LogP contribution in [0.3, 0.4) is 0 Å². The summed E-state index contributed by atoms with van der Waals surface area (Å²) in [5, 5.41) is 0. The van der Waals surface area contributed by atoms with E-state index in [-0.39, 0.29) is 23.9 Å². The Morgan fingerprint density at radius 3 is 2.62 bits per heavy atom. The highest BCUT2D eigenvalue weighted by molar-refractivity contribution is 9.11. The summed E-state index contributed by atoms with van der Waals surface area (Å²) >= 11 is 7.03. The van der Waals surface area contributed by atoms with Crippen LogP contribution >= 0.6 is 31.9 Å². The average Bonchev–Trinajstić information content (AvgIpc) is 3.29. The Labute approximate surface area is 182 Å². The lowest BCUT2D eigenvalue weighted by Gasteiger charge is -2.33. The number of carbonyl (C=O) groups is 2. The van der Waals surface area contributed by atoms with Crippen molar-refractivity contribution in [3.05, 3.63) is 43.3 Å². The summed E-state index contributed by atoms with van der Waals surface area (Å²) in [6, 6.07) is 3.34. The van der Waals surface area contributed by atoms with E-state index in [0.29, 0.717) is 50.2 Å². The molecular weight excluding hydrogens is 512 g/mol. The zero-order chi connectivity index (χ0) is 20.5. The molecule has 0 saturated heterocycles. The predicted molar refractivity (Wildman–Crippen MR) is 107 cm³/mol.